The molecule has 0 aromatic carbocycles. The number of hydrogen-bond donors (Lipinski definition) is 3. The highest BCUT2D eigenvalue weighted by molar-refractivity contribution is 5.91. The highest BCUT2D eigenvalue weighted by Gasteiger charge is 2.16. The first-order chi connectivity index (χ1) is 8.90. The zero-order valence-electron chi connectivity index (χ0n) is 10.7. The van der Waals surface area contributed by atoms with Crippen LogP contribution in [-0.4, -0.2) is 35.5 Å². The number of carbonyl (C=O) groups is 3. The average molecular weight is 268 g/mol. The van der Waals surface area contributed by atoms with E-state index in [2.05, 4.69) is 10.6 Å². The second kappa shape index (κ2) is 6.58. The highest BCUT2D eigenvalue weighted by atomic mass is 16.4. The molecule has 0 aliphatic rings. The monoisotopic (exact) mass is 268 g/mol. The molecule has 0 spiro atoms. The van der Waals surface area contributed by atoms with Gasteiger partial charge < -0.3 is 20.2 Å². The summed E-state index contributed by atoms with van der Waals surface area (Å²) in [5, 5.41) is 13.8. The molecule has 0 saturated heterocycles. The Morgan fingerprint density at radius 1 is 1.32 bits per heavy atom. The minimum absolute atomic E-state index is 0.00640. The summed E-state index contributed by atoms with van der Waals surface area (Å²) in [6.45, 7) is 3.46. The van der Waals surface area contributed by atoms with E-state index in [1.165, 1.54) is 12.3 Å². The van der Waals surface area contributed by atoms with E-state index in [1.807, 2.05) is 13.8 Å². The SMILES string of the molecule is CC(C)NC(=O)CNC(=O)Cc1occc1C(=O)O. The van der Waals surface area contributed by atoms with Crippen LogP contribution in [-0.2, 0) is 16.0 Å². The molecule has 1 aromatic rings. The zero-order chi connectivity index (χ0) is 14.4. The lowest BCUT2D eigenvalue weighted by Gasteiger charge is -2.08. The van der Waals surface area contributed by atoms with Crippen molar-refractivity contribution in [2.75, 3.05) is 6.54 Å². The first-order valence-corrected chi connectivity index (χ1v) is 5.76. The quantitative estimate of drug-likeness (QED) is 0.681. The molecule has 1 heterocycles. The lowest BCUT2D eigenvalue weighted by atomic mass is 10.2. The van der Waals surface area contributed by atoms with Crippen LogP contribution in [0.3, 0.4) is 0 Å². The fourth-order valence-corrected chi connectivity index (χ4v) is 1.43. The first kappa shape index (κ1) is 14.7. The molecule has 0 unspecified atom stereocenters. The predicted molar refractivity (Wildman–Crippen MR) is 65.7 cm³/mol. The Hall–Kier alpha value is -2.31. The molecule has 0 saturated carbocycles. The maximum Gasteiger partial charge on any atom is 0.339 e. The maximum absolute atomic E-state index is 11.5. The van der Waals surface area contributed by atoms with Crippen LogP contribution in [0.2, 0.25) is 0 Å². The molecule has 104 valence electrons. The molecule has 7 heteroatoms. The van der Waals surface area contributed by atoms with Crippen molar-refractivity contribution in [2.24, 2.45) is 0 Å². The molecule has 0 atom stereocenters. The number of nitrogens with one attached hydrogen (secondary N) is 2. The van der Waals surface area contributed by atoms with Crippen molar-refractivity contribution in [3.05, 3.63) is 23.7 Å². The molecule has 2 amide bonds. The van der Waals surface area contributed by atoms with E-state index in [-0.39, 0.29) is 36.2 Å². The van der Waals surface area contributed by atoms with Gasteiger partial charge in [-0.1, -0.05) is 0 Å². The van der Waals surface area contributed by atoms with Crippen LogP contribution in [0.25, 0.3) is 0 Å². The zero-order valence-corrected chi connectivity index (χ0v) is 10.7. The first-order valence-electron chi connectivity index (χ1n) is 5.76. The van der Waals surface area contributed by atoms with E-state index in [9.17, 15) is 14.4 Å². The van der Waals surface area contributed by atoms with Gasteiger partial charge in [0.25, 0.3) is 0 Å². The molecular weight excluding hydrogens is 252 g/mol. The number of aromatic carboxylic acids is 1. The second-order valence-electron chi connectivity index (χ2n) is 4.24. The third kappa shape index (κ3) is 4.82. The van der Waals surface area contributed by atoms with Crippen molar-refractivity contribution in [2.45, 2.75) is 26.3 Å². The van der Waals surface area contributed by atoms with Gasteiger partial charge in [0.2, 0.25) is 11.8 Å². The fourth-order valence-electron chi connectivity index (χ4n) is 1.43. The number of carboxylic acids is 1. The van der Waals surface area contributed by atoms with Crippen LogP contribution in [0.4, 0.5) is 0 Å². The summed E-state index contributed by atoms with van der Waals surface area (Å²) in [4.78, 5) is 33.6. The van der Waals surface area contributed by atoms with Gasteiger partial charge in [-0.25, -0.2) is 4.79 Å². The average Bonchev–Trinajstić information content (AvgIpc) is 2.73. The molecule has 1 aromatic heterocycles. The summed E-state index contributed by atoms with van der Waals surface area (Å²) in [6.07, 6.45) is 0.987. The number of furan rings is 1. The Labute approximate surface area is 110 Å². The van der Waals surface area contributed by atoms with Gasteiger partial charge in [0, 0.05) is 6.04 Å². The number of carbonyl (C=O) groups excluding carboxylic acids is 2. The van der Waals surface area contributed by atoms with Crippen LogP contribution in [0.5, 0.6) is 0 Å². The Bertz CT molecular complexity index is 478. The van der Waals surface area contributed by atoms with Gasteiger partial charge >= 0.3 is 5.97 Å². The molecule has 19 heavy (non-hydrogen) atoms. The van der Waals surface area contributed by atoms with Crippen molar-refractivity contribution in [3.8, 4) is 0 Å². The minimum Gasteiger partial charge on any atom is -0.478 e. The molecule has 3 N–H and O–H groups in total. The van der Waals surface area contributed by atoms with Crippen molar-refractivity contribution in [1.82, 2.24) is 10.6 Å². The summed E-state index contributed by atoms with van der Waals surface area (Å²) >= 11 is 0. The smallest absolute Gasteiger partial charge is 0.339 e. The maximum atomic E-state index is 11.5. The van der Waals surface area contributed by atoms with E-state index in [0.29, 0.717) is 0 Å². The van der Waals surface area contributed by atoms with E-state index in [4.69, 9.17) is 9.52 Å². The van der Waals surface area contributed by atoms with E-state index in [0.717, 1.165) is 0 Å². The van der Waals surface area contributed by atoms with Gasteiger partial charge in [-0.15, -0.1) is 0 Å². The summed E-state index contributed by atoms with van der Waals surface area (Å²) < 4.78 is 4.93. The molecule has 0 bridgehead atoms. The van der Waals surface area contributed by atoms with E-state index >= 15 is 0 Å². The summed E-state index contributed by atoms with van der Waals surface area (Å²) in [6, 6.07) is 1.27. The van der Waals surface area contributed by atoms with Crippen LogP contribution in [0.1, 0.15) is 30.0 Å². The molecule has 1 rings (SSSR count). The van der Waals surface area contributed by atoms with Crippen molar-refractivity contribution in [3.63, 3.8) is 0 Å². The molecule has 7 nitrogen and oxygen atoms in total. The second-order valence-corrected chi connectivity index (χ2v) is 4.24. The molecule has 0 aliphatic heterocycles. The van der Waals surface area contributed by atoms with Crippen LogP contribution >= 0.6 is 0 Å². The van der Waals surface area contributed by atoms with Crippen LogP contribution in [0.15, 0.2) is 16.7 Å². The summed E-state index contributed by atoms with van der Waals surface area (Å²) in [5.41, 5.74) is -0.0539. The Morgan fingerprint density at radius 2 is 2.00 bits per heavy atom. The lowest BCUT2D eigenvalue weighted by molar-refractivity contribution is -0.126. The Morgan fingerprint density at radius 3 is 2.58 bits per heavy atom. The number of rotatable bonds is 6. The van der Waals surface area contributed by atoms with E-state index in [1.54, 1.807) is 0 Å². The highest BCUT2D eigenvalue weighted by Crippen LogP contribution is 2.10. The van der Waals surface area contributed by atoms with Gasteiger partial charge in [0.05, 0.1) is 19.2 Å². The van der Waals surface area contributed by atoms with E-state index < -0.39 is 11.9 Å². The molecular formula is C12H16N2O5. The summed E-state index contributed by atoms with van der Waals surface area (Å²) in [5.74, 6) is -1.87. The topological polar surface area (TPSA) is 109 Å². The predicted octanol–water partition coefficient (Wildman–Crippen LogP) is 0.161. The summed E-state index contributed by atoms with van der Waals surface area (Å²) in [7, 11) is 0. The number of carboxylic acid groups (broad SMARTS) is 1. The van der Waals surface area contributed by atoms with Crippen LogP contribution in [0, 0.1) is 0 Å². The lowest BCUT2D eigenvalue weighted by Crippen LogP contribution is -2.40. The van der Waals surface area contributed by atoms with Gasteiger partial charge in [0.1, 0.15) is 11.3 Å². The van der Waals surface area contributed by atoms with Gasteiger partial charge in [-0.3, -0.25) is 9.59 Å². The minimum atomic E-state index is -1.16. The number of hydrogen-bond acceptors (Lipinski definition) is 4. The standard InChI is InChI=1S/C12H16N2O5/c1-7(2)14-11(16)6-13-10(15)5-9-8(12(17)18)3-4-19-9/h3-4,7H,5-6H2,1-2H3,(H,13,15)(H,14,16)(H,17,18). The normalized spacial score (nSPS) is 10.3. The van der Waals surface area contributed by atoms with Gasteiger partial charge in [0.15, 0.2) is 0 Å². The van der Waals surface area contributed by atoms with Crippen molar-refractivity contribution < 1.29 is 23.9 Å². The largest absolute Gasteiger partial charge is 0.478 e. The van der Waals surface area contributed by atoms with Gasteiger partial charge in [-0.2, -0.15) is 0 Å². The van der Waals surface area contributed by atoms with Crippen molar-refractivity contribution >= 4 is 17.8 Å². The Balaban J connectivity index is 2.45. The Kier molecular flexibility index (Phi) is 5.11. The molecule has 0 radical (unpaired) electrons. The van der Waals surface area contributed by atoms with Crippen molar-refractivity contribution in [1.29, 1.82) is 0 Å². The molecule has 0 fully saturated rings. The molecule has 0 aliphatic carbocycles. The van der Waals surface area contributed by atoms with Crippen LogP contribution < -0.4 is 10.6 Å². The third-order valence-electron chi connectivity index (χ3n) is 2.19. The number of amides is 2. The van der Waals surface area contributed by atoms with Gasteiger partial charge in [-0.05, 0) is 19.9 Å². The third-order valence-corrected chi connectivity index (χ3v) is 2.19. The fraction of sp³-hybridized carbons (Fsp3) is 0.417.